The number of alkyl halides is 2. The van der Waals surface area contributed by atoms with Crippen molar-refractivity contribution in [3.63, 3.8) is 0 Å². The van der Waals surface area contributed by atoms with Crippen molar-refractivity contribution in [3.05, 3.63) is 31.0 Å². The highest BCUT2D eigenvalue weighted by Gasteiger charge is 2.25. The molecule has 0 saturated heterocycles. The molecule has 1 aromatic rings. The SMILES string of the molecule is O=[N+]([O-])c1cc(Br)c(Br)nc1C(F)F. The van der Waals surface area contributed by atoms with E-state index in [1.165, 1.54) is 0 Å². The van der Waals surface area contributed by atoms with Gasteiger partial charge < -0.3 is 0 Å². The second-order valence-corrected chi connectivity index (χ2v) is 3.83. The van der Waals surface area contributed by atoms with E-state index in [-0.39, 0.29) is 9.08 Å². The first-order valence-corrected chi connectivity index (χ1v) is 4.80. The Hall–Kier alpha value is -0.630. The van der Waals surface area contributed by atoms with Crippen molar-refractivity contribution in [1.29, 1.82) is 0 Å². The fourth-order valence-electron chi connectivity index (χ4n) is 0.777. The van der Waals surface area contributed by atoms with Crippen molar-refractivity contribution in [1.82, 2.24) is 4.98 Å². The molecule has 1 aromatic heterocycles. The van der Waals surface area contributed by atoms with Crippen LogP contribution in [-0.2, 0) is 0 Å². The van der Waals surface area contributed by atoms with Crippen molar-refractivity contribution >= 4 is 37.5 Å². The molecule has 0 spiro atoms. The molecule has 4 nitrogen and oxygen atoms in total. The van der Waals surface area contributed by atoms with E-state index in [4.69, 9.17) is 0 Å². The molecule has 0 aliphatic rings. The fraction of sp³-hybridized carbons (Fsp3) is 0.167. The zero-order valence-electron chi connectivity index (χ0n) is 6.38. The molecular formula is C6H2Br2F2N2O2. The normalized spacial score (nSPS) is 10.6. The topological polar surface area (TPSA) is 56.0 Å². The van der Waals surface area contributed by atoms with Gasteiger partial charge >= 0.3 is 0 Å². The largest absolute Gasteiger partial charge is 0.297 e. The van der Waals surface area contributed by atoms with Crippen LogP contribution in [-0.4, -0.2) is 9.91 Å². The van der Waals surface area contributed by atoms with E-state index in [0.717, 1.165) is 6.07 Å². The number of pyridine rings is 1. The van der Waals surface area contributed by atoms with Crippen LogP contribution in [0.15, 0.2) is 15.1 Å². The van der Waals surface area contributed by atoms with Crippen LogP contribution in [0, 0.1) is 10.1 Å². The second-order valence-electron chi connectivity index (χ2n) is 2.22. The number of aromatic nitrogens is 1. The van der Waals surface area contributed by atoms with Crippen molar-refractivity contribution < 1.29 is 13.7 Å². The Morgan fingerprint density at radius 1 is 1.50 bits per heavy atom. The zero-order valence-corrected chi connectivity index (χ0v) is 9.55. The monoisotopic (exact) mass is 330 g/mol. The Balaban J connectivity index is 3.39. The second kappa shape index (κ2) is 4.26. The van der Waals surface area contributed by atoms with Crippen molar-refractivity contribution in [2.24, 2.45) is 0 Å². The summed E-state index contributed by atoms with van der Waals surface area (Å²) in [7, 11) is 0. The van der Waals surface area contributed by atoms with E-state index in [2.05, 4.69) is 36.8 Å². The third-order valence-corrected chi connectivity index (χ3v) is 3.09. The molecule has 76 valence electrons. The summed E-state index contributed by atoms with van der Waals surface area (Å²) in [4.78, 5) is 12.9. The molecule has 0 bridgehead atoms. The molecule has 1 rings (SSSR count). The predicted octanol–water partition coefficient (Wildman–Crippen LogP) is 3.45. The standard InChI is InChI=1S/C6H2Br2F2N2O2/c7-2-1-3(12(13)14)4(6(9)10)11-5(2)8/h1,6H. The highest BCUT2D eigenvalue weighted by molar-refractivity contribution is 9.13. The number of nitrogens with zero attached hydrogens (tertiary/aromatic N) is 2. The van der Waals surface area contributed by atoms with Gasteiger partial charge in [0.15, 0.2) is 5.69 Å². The summed E-state index contributed by atoms with van der Waals surface area (Å²) in [5, 5.41) is 10.4. The number of hydrogen-bond acceptors (Lipinski definition) is 3. The first kappa shape index (κ1) is 11.4. The van der Waals surface area contributed by atoms with E-state index in [9.17, 15) is 18.9 Å². The Labute approximate surface area is 93.7 Å². The molecule has 0 amide bonds. The number of halogens is 4. The fourth-order valence-corrected chi connectivity index (χ4v) is 1.39. The van der Waals surface area contributed by atoms with Crippen molar-refractivity contribution in [3.8, 4) is 0 Å². The first-order valence-electron chi connectivity index (χ1n) is 3.22. The molecule has 14 heavy (non-hydrogen) atoms. The molecule has 0 radical (unpaired) electrons. The smallest absolute Gasteiger partial charge is 0.258 e. The van der Waals surface area contributed by atoms with E-state index < -0.39 is 22.7 Å². The van der Waals surface area contributed by atoms with Gasteiger partial charge in [-0.3, -0.25) is 10.1 Å². The van der Waals surface area contributed by atoms with Crippen LogP contribution in [0.1, 0.15) is 12.1 Å². The lowest BCUT2D eigenvalue weighted by Crippen LogP contribution is -2.00. The number of nitro groups is 1. The van der Waals surface area contributed by atoms with Gasteiger partial charge in [-0.25, -0.2) is 13.8 Å². The third-order valence-electron chi connectivity index (χ3n) is 1.34. The van der Waals surface area contributed by atoms with E-state index in [0.29, 0.717) is 0 Å². The molecule has 0 aliphatic carbocycles. The predicted molar refractivity (Wildman–Crippen MR) is 51.2 cm³/mol. The third kappa shape index (κ3) is 2.24. The molecule has 0 aromatic carbocycles. The molecule has 0 atom stereocenters. The van der Waals surface area contributed by atoms with Crippen LogP contribution in [0.4, 0.5) is 14.5 Å². The van der Waals surface area contributed by atoms with E-state index >= 15 is 0 Å². The minimum atomic E-state index is -2.97. The average Bonchev–Trinajstić information content (AvgIpc) is 2.08. The van der Waals surface area contributed by atoms with Crippen molar-refractivity contribution in [2.45, 2.75) is 6.43 Å². The van der Waals surface area contributed by atoms with Crippen LogP contribution < -0.4 is 0 Å². The maximum Gasteiger partial charge on any atom is 0.297 e. The Bertz CT molecular complexity index is 386. The summed E-state index contributed by atoms with van der Waals surface area (Å²) in [5.74, 6) is 0. The van der Waals surface area contributed by atoms with Crippen LogP contribution in [0.2, 0.25) is 0 Å². The lowest BCUT2D eigenvalue weighted by molar-refractivity contribution is -0.386. The van der Waals surface area contributed by atoms with Gasteiger partial charge in [0.2, 0.25) is 0 Å². The van der Waals surface area contributed by atoms with Gasteiger partial charge in [0.25, 0.3) is 12.1 Å². The van der Waals surface area contributed by atoms with Gasteiger partial charge in [-0.1, -0.05) is 0 Å². The van der Waals surface area contributed by atoms with Gasteiger partial charge in [-0.2, -0.15) is 0 Å². The quantitative estimate of drug-likeness (QED) is 0.474. The average molecular weight is 332 g/mol. The number of rotatable bonds is 2. The molecule has 0 N–H and O–H groups in total. The van der Waals surface area contributed by atoms with Gasteiger partial charge in [-0.05, 0) is 31.9 Å². The van der Waals surface area contributed by atoms with Crippen LogP contribution in [0.3, 0.4) is 0 Å². The Morgan fingerprint density at radius 2 is 2.07 bits per heavy atom. The first-order chi connectivity index (χ1) is 6.43. The number of hydrogen-bond donors (Lipinski definition) is 0. The summed E-state index contributed by atoms with van der Waals surface area (Å²) in [6.45, 7) is 0. The van der Waals surface area contributed by atoms with Gasteiger partial charge in [-0.15, -0.1) is 0 Å². The molecule has 0 unspecified atom stereocenters. The summed E-state index contributed by atoms with van der Waals surface area (Å²) >= 11 is 5.82. The Morgan fingerprint density at radius 3 is 2.50 bits per heavy atom. The summed E-state index contributed by atoms with van der Waals surface area (Å²) in [6, 6.07) is 0.985. The summed E-state index contributed by atoms with van der Waals surface area (Å²) < 4.78 is 25.0. The lowest BCUT2D eigenvalue weighted by Gasteiger charge is -2.02. The van der Waals surface area contributed by atoms with E-state index in [1.807, 2.05) is 0 Å². The van der Waals surface area contributed by atoms with Gasteiger partial charge in [0.1, 0.15) is 4.60 Å². The molecule has 0 fully saturated rings. The molecule has 8 heteroatoms. The highest BCUT2D eigenvalue weighted by Crippen LogP contribution is 2.33. The van der Waals surface area contributed by atoms with Crippen molar-refractivity contribution in [2.75, 3.05) is 0 Å². The highest BCUT2D eigenvalue weighted by atomic mass is 79.9. The van der Waals surface area contributed by atoms with E-state index in [1.54, 1.807) is 0 Å². The maximum atomic E-state index is 12.3. The molecule has 0 saturated carbocycles. The maximum absolute atomic E-state index is 12.3. The molecule has 0 aliphatic heterocycles. The Kier molecular flexibility index (Phi) is 3.48. The molecule has 1 heterocycles. The zero-order chi connectivity index (χ0) is 10.9. The summed E-state index contributed by atoms with van der Waals surface area (Å²) in [5.41, 5.74) is -1.54. The van der Waals surface area contributed by atoms with Crippen LogP contribution >= 0.6 is 31.9 Å². The van der Waals surface area contributed by atoms with Crippen LogP contribution in [0.25, 0.3) is 0 Å². The van der Waals surface area contributed by atoms with Gasteiger partial charge in [0, 0.05) is 6.07 Å². The van der Waals surface area contributed by atoms with Gasteiger partial charge in [0.05, 0.1) is 9.40 Å². The minimum Gasteiger partial charge on any atom is -0.258 e. The lowest BCUT2D eigenvalue weighted by atomic mass is 10.3. The minimum absolute atomic E-state index is 0.110. The molecular weight excluding hydrogens is 330 g/mol. The van der Waals surface area contributed by atoms with Crippen LogP contribution in [0.5, 0.6) is 0 Å². The summed E-state index contributed by atoms with van der Waals surface area (Å²) in [6.07, 6.45) is -2.97.